The van der Waals surface area contributed by atoms with Gasteiger partial charge in [-0.2, -0.15) is 0 Å². The van der Waals surface area contributed by atoms with E-state index < -0.39 is 0 Å². The topological polar surface area (TPSA) is 55.9 Å². The minimum atomic E-state index is -0.00796. The molecule has 3 amide bonds. The molecule has 7 heteroatoms. The first-order valence-electron chi connectivity index (χ1n) is 11.5. The highest BCUT2D eigenvalue weighted by atomic mass is 32.2. The van der Waals surface area contributed by atoms with Crippen LogP contribution in [0.2, 0.25) is 0 Å². The molecule has 1 aromatic rings. The van der Waals surface area contributed by atoms with Gasteiger partial charge in [-0.05, 0) is 29.9 Å². The quantitative estimate of drug-likeness (QED) is 0.724. The summed E-state index contributed by atoms with van der Waals surface area (Å²) in [6.07, 6.45) is 0.950. The summed E-state index contributed by atoms with van der Waals surface area (Å²) >= 11 is 1.74. The van der Waals surface area contributed by atoms with Crippen LogP contribution in [0.3, 0.4) is 0 Å². The number of benzene rings is 1. The molecule has 0 saturated carbocycles. The molecule has 2 unspecified atom stereocenters. The highest BCUT2D eigenvalue weighted by Crippen LogP contribution is 2.43. The summed E-state index contributed by atoms with van der Waals surface area (Å²) in [6.45, 7) is 16.2. The van der Waals surface area contributed by atoms with E-state index in [1.54, 1.807) is 11.8 Å². The van der Waals surface area contributed by atoms with Crippen LogP contribution in [-0.2, 0) is 10.2 Å². The second-order valence-electron chi connectivity index (χ2n) is 9.59. The predicted octanol–water partition coefficient (Wildman–Crippen LogP) is 3.68. The van der Waals surface area contributed by atoms with Gasteiger partial charge in [0, 0.05) is 45.8 Å². The molecule has 2 aliphatic heterocycles. The van der Waals surface area contributed by atoms with Gasteiger partial charge in [0.2, 0.25) is 5.91 Å². The van der Waals surface area contributed by atoms with Crippen molar-refractivity contribution in [2.75, 3.05) is 45.8 Å². The van der Waals surface area contributed by atoms with E-state index in [2.05, 4.69) is 62.2 Å². The fourth-order valence-corrected chi connectivity index (χ4v) is 5.38. The molecule has 6 nitrogen and oxygen atoms in total. The normalized spacial score (nSPS) is 22.8. The maximum absolute atomic E-state index is 12.9. The summed E-state index contributed by atoms with van der Waals surface area (Å²) in [4.78, 5) is 31.3. The van der Waals surface area contributed by atoms with Crippen molar-refractivity contribution in [2.45, 2.75) is 57.1 Å². The molecular formula is C24H38N4O2S. The van der Waals surface area contributed by atoms with Gasteiger partial charge in [-0.25, -0.2) is 4.79 Å². The van der Waals surface area contributed by atoms with Crippen molar-refractivity contribution < 1.29 is 9.59 Å². The van der Waals surface area contributed by atoms with E-state index in [0.29, 0.717) is 0 Å². The standard InChI is InChI=1S/C24H38N4O2S/c1-6-11-25-23(30)27-15-12-26(13-16-27)14-17-28-21(29)18(2)31-22(28)19-7-9-20(10-8-19)24(3,4)5/h7-10,18,22H,6,11-17H2,1-5H3,(H,25,30). The van der Waals surface area contributed by atoms with Crippen molar-refractivity contribution in [3.05, 3.63) is 35.4 Å². The first kappa shape index (κ1) is 23.9. The zero-order chi connectivity index (χ0) is 22.6. The number of hydrogen-bond acceptors (Lipinski definition) is 4. The molecule has 2 atom stereocenters. The first-order chi connectivity index (χ1) is 14.7. The van der Waals surface area contributed by atoms with E-state index >= 15 is 0 Å². The Balaban J connectivity index is 1.56. The van der Waals surface area contributed by atoms with Crippen LogP contribution < -0.4 is 5.32 Å². The number of carbonyl (C=O) groups excluding carboxylic acids is 2. The van der Waals surface area contributed by atoms with Gasteiger partial charge in [-0.15, -0.1) is 11.8 Å². The highest BCUT2D eigenvalue weighted by molar-refractivity contribution is 8.01. The molecule has 31 heavy (non-hydrogen) atoms. The third-order valence-electron chi connectivity index (χ3n) is 6.15. The summed E-state index contributed by atoms with van der Waals surface area (Å²) in [6, 6.07) is 8.81. The van der Waals surface area contributed by atoms with Crippen molar-refractivity contribution in [3.8, 4) is 0 Å². The molecule has 1 N–H and O–H groups in total. The van der Waals surface area contributed by atoms with Crippen LogP contribution in [0.1, 0.15) is 57.5 Å². The number of piperazine rings is 1. The third-order valence-corrected chi connectivity index (χ3v) is 7.55. The monoisotopic (exact) mass is 446 g/mol. The van der Waals surface area contributed by atoms with Gasteiger partial charge in [0.15, 0.2) is 0 Å². The van der Waals surface area contributed by atoms with Gasteiger partial charge in [-0.1, -0.05) is 52.0 Å². The predicted molar refractivity (Wildman–Crippen MR) is 128 cm³/mol. The van der Waals surface area contributed by atoms with Crippen molar-refractivity contribution in [2.24, 2.45) is 0 Å². The average Bonchev–Trinajstić information content (AvgIpc) is 3.04. The van der Waals surface area contributed by atoms with Crippen LogP contribution >= 0.6 is 11.8 Å². The summed E-state index contributed by atoms with van der Waals surface area (Å²) < 4.78 is 0. The molecule has 0 spiro atoms. The number of amides is 3. The van der Waals surface area contributed by atoms with Gasteiger partial charge in [0.25, 0.3) is 0 Å². The third kappa shape index (κ3) is 5.95. The van der Waals surface area contributed by atoms with Crippen LogP contribution in [0, 0.1) is 0 Å². The Morgan fingerprint density at radius 1 is 1.10 bits per heavy atom. The Morgan fingerprint density at radius 2 is 1.74 bits per heavy atom. The Labute approximate surface area is 191 Å². The molecule has 1 aromatic carbocycles. The molecule has 2 saturated heterocycles. The average molecular weight is 447 g/mol. The molecule has 0 radical (unpaired) electrons. The number of rotatable bonds is 6. The second kappa shape index (κ2) is 10.3. The highest BCUT2D eigenvalue weighted by Gasteiger charge is 2.38. The van der Waals surface area contributed by atoms with Crippen LogP contribution in [0.15, 0.2) is 24.3 Å². The molecule has 172 valence electrons. The smallest absolute Gasteiger partial charge is 0.317 e. The van der Waals surface area contributed by atoms with Gasteiger partial charge < -0.3 is 15.1 Å². The fourth-order valence-electron chi connectivity index (χ4n) is 4.08. The maximum atomic E-state index is 12.9. The van der Waals surface area contributed by atoms with Crippen molar-refractivity contribution in [1.82, 2.24) is 20.0 Å². The Bertz CT molecular complexity index is 754. The lowest BCUT2D eigenvalue weighted by atomic mass is 9.86. The largest absolute Gasteiger partial charge is 0.338 e. The number of hydrogen-bond donors (Lipinski definition) is 1. The van der Waals surface area contributed by atoms with Crippen molar-refractivity contribution in [3.63, 3.8) is 0 Å². The van der Waals surface area contributed by atoms with Gasteiger partial charge in [0.1, 0.15) is 5.37 Å². The molecule has 0 aliphatic carbocycles. The molecule has 0 aromatic heterocycles. The molecule has 2 fully saturated rings. The summed E-state index contributed by atoms with van der Waals surface area (Å²) in [5, 5.41) is 3.03. The summed E-state index contributed by atoms with van der Waals surface area (Å²) in [5.41, 5.74) is 2.64. The van der Waals surface area contributed by atoms with E-state index in [0.717, 1.165) is 52.2 Å². The molecule has 3 rings (SSSR count). The van der Waals surface area contributed by atoms with Gasteiger partial charge >= 0.3 is 6.03 Å². The molecular weight excluding hydrogens is 408 g/mol. The minimum absolute atomic E-state index is 0.00796. The zero-order valence-corrected chi connectivity index (χ0v) is 20.5. The van der Waals surface area contributed by atoms with E-state index in [1.807, 2.05) is 16.7 Å². The summed E-state index contributed by atoms with van der Waals surface area (Å²) in [7, 11) is 0. The number of urea groups is 1. The Morgan fingerprint density at radius 3 is 2.32 bits per heavy atom. The maximum Gasteiger partial charge on any atom is 0.317 e. The van der Waals surface area contributed by atoms with E-state index in [4.69, 9.17) is 0 Å². The van der Waals surface area contributed by atoms with E-state index in [9.17, 15) is 9.59 Å². The fraction of sp³-hybridized carbons (Fsp3) is 0.667. The SMILES string of the molecule is CCCNC(=O)N1CCN(CCN2C(=O)C(C)SC2c2ccc(C(C)(C)C)cc2)CC1. The first-order valence-corrected chi connectivity index (χ1v) is 12.5. The minimum Gasteiger partial charge on any atom is -0.338 e. The number of carbonyl (C=O) groups is 2. The Hall–Kier alpha value is -1.73. The molecule has 2 heterocycles. The van der Waals surface area contributed by atoms with Gasteiger partial charge in [0.05, 0.1) is 5.25 Å². The van der Waals surface area contributed by atoms with Crippen LogP contribution in [-0.4, -0.2) is 77.7 Å². The van der Waals surface area contributed by atoms with E-state index in [1.165, 1.54) is 11.1 Å². The van der Waals surface area contributed by atoms with Crippen molar-refractivity contribution in [1.29, 1.82) is 0 Å². The lowest BCUT2D eigenvalue weighted by molar-refractivity contribution is -0.130. The van der Waals surface area contributed by atoms with Crippen LogP contribution in [0.4, 0.5) is 4.79 Å². The Kier molecular flexibility index (Phi) is 7.92. The van der Waals surface area contributed by atoms with Crippen LogP contribution in [0.5, 0.6) is 0 Å². The zero-order valence-electron chi connectivity index (χ0n) is 19.7. The number of thioether (sulfide) groups is 1. The second-order valence-corrected chi connectivity index (χ2v) is 11.0. The van der Waals surface area contributed by atoms with Crippen LogP contribution in [0.25, 0.3) is 0 Å². The lowest BCUT2D eigenvalue weighted by Gasteiger charge is -2.36. The van der Waals surface area contributed by atoms with Crippen molar-refractivity contribution >= 4 is 23.7 Å². The van der Waals surface area contributed by atoms with Gasteiger partial charge in [-0.3, -0.25) is 9.69 Å². The molecule has 2 aliphatic rings. The lowest BCUT2D eigenvalue weighted by Crippen LogP contribution is -2.53. The molecule has 0 bridgehead atoms. The number of nitrogens with zero attached hydrogens (tertiary/aromatic N) is 3. The van der Waals surface area contributed by atoms with E-state index in [-0.39, 0.29) is 28.0 Å². The number of nitrogens with one attached hydrogen (secondary N) is 1. The summed E-state index contributed by atoms with van der Waals surface area (Å²) in [5.74, 6) is 0.229.